The van der Waals surface area contributed by atoms with Crippen molar-refractivity contribution in [3.63, 3.8) is 0 Å². The molecule has 0 spiro atoms. The second-order valence-corrected chi connectivity index (χ2v) is 19.4. The van der Waals surface area contributed by atoms with Crippen LogP contribution >= 0.6 is 0 Å². The number of unbranched alkanes of at least 4 members (excludes halogenated alkanes) is 24. The quantitative estimate of drug-likeness (QED) is 0.0358. The van der Waals surface area contributed by atoms with E-state index in [1.165, 1.54) is 128 Å². The minimum Gasteiger partial charge on any atom is -0.465 e. The molecule has 0 saturated heterocycles. The van der Waals surface area contributed by atoms with Crippen LogP contribution < -0.4 is 0 Å². The molecule has 0 aromatic heterocycles. The van der Waals surface area contributed by atoms with Gasteiger partial charge in [-0.15, -0.1) is 0 Å². The Morgan fingerprint density at radius 2 is 0.776 bits per heavy atom. The third kappa shape index (κ3) is 38.6. The molecular weight excluding hydrogens is 841 g/mol. The molecule has 0 heterocycles. The van der Waals surface area contributed by atoms with Gasteiger partial charge in [-0.2, -0.15) is 0 Å². The van der Waals surface area contributed by atoms with Crippen molar-refractivity contribution >= 4 is 23.9 Å². The Bertz CT molecular complexity index is 1250. The van der Waals surface area contributed by atoms with Crippen LogP contribution in [-0.2, 0) is 49.5 Å². The fourth-order valence-corrected chi connectivity index (χ4v) is 8.62. The zero-order chi connectivity index (χ0) is 48.7. The number of carbonyl (C=O) groups excluding carboxylic acids is 4. The largest absolute Gasteiger partial charge is 0.465 e. The lowest BCUT2D eigenvalue weighted by Crippen LogP contribution is -2.29. The summed E-state index contributed by atoms with van der Waals surface area (Å²) in [6.45, 7) is 10.0. The number of hydrogen-bond acceptors (Lipinski definition) is 9. The predicted octanol–water partition coefficient (Wildman–Crippen LogP) is 16.1. The van der Waals surface area contributed by atoms with E-state index in [0.717, 1.165) is 69.8 Å². The van der Waals surface area contributed by atoms with Crippen molar-refractivity contribution in [1.82, 2.24) is 0 Å². The number of carbonyl (C=O) groups is 4. The summed E-state index contributed by atoms with van der Waals surface area (Å²) in [6, 6.07) is 9.77. The normalized spacial score (nSPS) is 11.9. The van der Waals surface area contributed by atoms with Crippen molar-refractivity contribution in [2.75, 3.05) is 26.4 Å². The van der Waals surface area contributed by atoms with E-state index in [2.05, 4.69) is 27.7 Å². The van der Waals surface area contributed by atoms with E-state index < -0.39 is 6.10 Å². The first-order valence-electron chi connectivity index (χ1n) is 28.1. The van der Waals surface area contributed by atoms with Crippen LogP contribution in [0, 0.1) is 11.8 Å². The Morgan fingerprint density at radius 1 is 0.403 bits per heavy atom. The zero-order valence-corrected chi connectivity index (χ0v) is 43.8. The number of esters is 4. The fraction of sp³-hybridized carbons (Fsp3) is 0.828. The molecule has 1 aromatic carbocycles. The molecule has 9 nitrogen and oxygen atoms in total. The van der Waals surface area contributed by atoms with Crippen molar-refractivity contribution in [2.45, 2.75) is 272 Å². The van der Waals surface area contributed by atoms with Crippen LogP contribution in [0.15, 0.2) is 30.3 Å². The molecule has 1 rings (SSSR count). The van der Waals surface area contributed by atoms with E-state index in [9.17, 15) is 19.2 Å². The van der Waals surface area contributed by atoms with E-state index in [-0.39, 0.29) is 61.8 Å². The lowest BCUT2D eigenvalue weighted by Gasteiger charge is -2.18. The lowest BCUT2D eigenvalue weighted by molar-refractivity contribution is -0.163. The van der Waals surface area contributed by atoms with E-state index in [1.807, 2.05) is 30.3 Å². The first kappa shape index (κ1) is 62.1. The molecule has 388 valence electrons. The molecule has 1 atom stereocenters. The molecule has 0 unspecified atom stereocenters. The smallest absolute Gasteiger partial charge is 0.308 e. The van der Waals surface area contributed by atoms with Crippen molar-refractivity contribution in [1.29, 1.82) is 0 Å². The summed E-state index contributed by atoms with van der Waals surface area (Å²) in [5.41, 5.74) is 0.998. The van der Waals surface area contributed by atoms with Crippen LogP contribution in [0.25, 0.3) is 0 Å². The van der Waals surface area contributed by atoms with Crippen molar-refractivity contribution in [3.8, 4) is 0 Å². The standard InChI is InChI=1S/C58H102O9/c1-5-9-13-17-21-30-40-52(41-31-22-18-14-10-6-2)57(61)64-46-36-26-34-44-55(59)66-50-54(49-63-48-51-38-28-25-29-39-51)67-56(60)45-35-27-37-47-65-58(62)53(42-32-23-19-15-11-7-3)43-33-24-20-16-12-8-4/h25,28-29,38-39,52-54H,5-24,26-27,30-37,40-50H2,1-4H3/t54-/m1/s1. The Morgan fingerprint density at radius 3 is 1.19 bits per heavy atom. The summed E-state index contributed by atoms with van der Waals surface area (Å²) in [5.74, 6) is -0.866. The second-order valence-electron chi connectivity index (χ2n) is 19.4. The van der Waals surface area contributed by atoms with E-state index in [4.69, 9.17) is 23.7 Å². The van der Waals surface area contributed by atoms with Crippen LogP contribution in [0.4, 0.5) is 0 Å². The summed E-state index contributed by atoms with van der Waals surface area (Å²) < 4.78 is 28.8. The second kappa shape index (κ2) is 46.8. The highest BCUT2D eigenvalue weighted by atomic mass is 16.6. The summed E-state index contributed by atoms with van der Waals surface area (Å²) >= 11 is 0. The molecule has 0 N–H and O–H groups in total. The van der Waals surface area contributed by atoms with Gasteiger partial charge in [0.05, 0.1) is 38.3 Å². The summed E-state index contributed by atoms with van der Waals surface area (Å²) in [4.78, 5) is 51.9. The van der Waals surface area contributed by atoms with E-state index in [0.29, 0.717) is 45.5 Å². The number of hydrogen-bond donors (Lipinski definition) is 0. The van der Waals surface area contributed by atoms with E-state index >= 15 is 0 Å². The zero-order valence-electron chi connectivity index (χ0n) is 43.8. The highest BCUT2D eigenvalue weighted by molar-refractivity contribution is 5.73. The summed E-state index contributed by atoms with van der Waals surface area (Å²) in [6.07, 6.45) is 36.7. The third-order valence-corrected chi connectivity index (χ3v) is 13.0. The fourth-order valence-electron chi connectivity index (χ4n) is 8.62. The number of benzene rings is 1. The van der Waals surface area contributed by atoms with Crippen LogP contribution in [-0.4, -0.2) is 56.4 Å². The van der Waals surface area contributed by atoms with Gasteiger partial charge < -0.3 is 23.7 Å². The van der Waals surface area contributed by atoms with Crippen molar-refractivity contribution in [3.05, 3.63) is 35.9 Å². The minimum atomic E-state index is -0.726. The van der Waals surface area contributed by atoms with Crippen LogP contribution in [0.1, 0.15) is 264 Å². The minimum absolute atomic E-state index is 0.0144. The Hall–Kier alpha value is -2.94. The number of rotatable bonds is 49. The monoisotopic (exact) mass is 943 g/mol. The average molecular weight is 943 g/mol. The van der Waals surface area contributed by atoms with E-state index in [1.54, 1.807) is 0 Å². The topological polar surface area (TPSA) is 114 Å². The van der Waals surface area contributed by atoms with Crippen LogP contribution in [0.3, 0.4) is 0 Å². The molecule has 0 aliphatic heterocycles. The molecule has 1 aromatic rings. The average Bonchev–Trinajstić information content (AvgIpc) is 3.33. The number of ether oxygens (including phenoxy) is 5. The molecule has 0 amide bonds. The molecule has 0 bridgehead atoms. The molecule has 0 aliphatic rings. The van der Waals surface area contributed by atoms with Crippen molar-refractivity contribution in [2.24, 2.45) is 11.8 Å². The van der Waals surface area contributed by atoms with Crippen LogP contribution in [0.5, 0.6) is 0 Å². The maximum absolute atomic E-state index is 13.1. The first-order valence-corrected chi connectivity index (χ1v) is 28.1. The highest BCUT2D eigenvalue weighted by Crippen LogP contribution is 2.23. The Labute approximate surface area is 411 Å². The third-order valence-electron chi connectivity index (χ3n) is 13.0. The maximum Gasteiger partial charge on any atom is 0.308 e. The van der Waals surface area contributed by atoms with Gasteiger partial charge in [0.2, 0.25) is 0 Å². The molecule has 9 heteroatoms. The van der Waals surface area contributed by atoms with Gasteiger partial charge >= 0.3 is 23.9 Å². The van der Waals surface area contributed by atoms with Gasteiger partial charge in [0.25, 0.3) is 0 Å². The van der Waals surface area contributed by atoms with Gasteiger partial charge in [0.15, 0.2) is 6.10 Å². The SMILES string of the molecule is CCCCCCCCC(CCCCCCCC)C(=O)OCCCCCC(=O)OC[C@@H](COCc1ccccc1)OC(=O)CCCCCOC(=O)C(CCCCCCCC)CCCCCCCC. The van der Waals surface area contributed by atoms with Crippen molar-refractivity contribution < 1.29 is 42.9 Å². The van der Waals surface area contributed by atoms with Gasteiger partial charge in [-0.05, 0) is 69.8 Å². The molecule has 0 fully saturated rings. The molecule has 0 radical (unpaired) electrons. The summed E-state index contributed by atoms with van der Waals surface area (Å²) in [5, 5.41) is 0. The Balaban J connectivity index is 2.49. The summed E-state index contributed by atoms with van der Waals surface area (Å²) in [7, 11) is 0. The molecule has 0 aliphatic carbocycles. The van der Waals surface area contributed by atoms with Gasteiger partial charge in [-0.3, -0.25) is 19.2 Å². The van der Waals surface area contributed by atoms with Gasteiger partial charge in [0.1, 0.15) is 6.61 Å². The van der Waals surface area contributed by atoms with Gasteiger partial charge in [-0.1, -0.05) is 212 Å². The highest BCUT2D eigenvalue weighted by Gasteiger charge is 2.22. The predicted molar refractivity (Wildman–Crippen MR) is 275 cm³/mol. The van der Waals surface area contributed by atoms with Gasteiger partial charge in [0, 0.05) is 12.8 Å². The first-order chi connectivity index (χ1) is 32.8. The maximum atomic E-state index is 13.1. The molecular formula is C58H102O9. The molecule has 67 heavy (non-hydrogen) atoms. The Kier molecular flexibility index (Phi) is 43.3. The van der Waals surface area contributed by atoms with Gasteiger partial charge in [-0.25, -0.2) is 0 Å². The van der Waals surface area contributed by atoms with Crippen LogP contribution in [0.2, 0.25) is 0 Å². The molecule has 0 saturated carbocycles. The lowest BCUT2D eigenvalue weighted by atomic mass is 9.94.